The van der Waals surface area contributed by atoms with Gasteiger partial charge in [-0.1, -0.05) is 71.6 Å². The van der Waals surface area contributed by atoms with Crippen LogP contribution < -0.4 is 10.6 Å². The summed E-state index contributed by atoms with van der Waals surface area (Å²) in [5, 5.41) is 8.10. The molecule has 4 heterocycles. The molecule has 2 atom stereocenters. The fourth-order valence-corrected chi connectivity index (χ4v) is 9.26. The number of likely N-dealkylation sites (tertiary alicyclic amines) is 1. The third kappa shape index (κ3) is 7.93. The first-order chi connectivity index (χ1) is 20.4. The first-order valence-electron chi connectivity index (χ1n) is 17.1. The number of thiophene rings is 1. The van der Waals surface area contributed by atoms with Gasteiger partial charge in [-0.25, -0.2) is 0 Å². The Morgan fingerprint density at radius 1 is 1.07 bits per heavy atom. The average Bonchev–Trinajstić information content (AvgIpc) is 3.45. The van der Waals surface area contributed by atoms with Crippen molar-refractivity contribution in [3.05, 3.63) is 29.4 Å². The third-order valence-electron chi connectivity index (χ3n) is 10.6. The maximum atomic E-state index is 13.8. The smallest absolute Gasteiger partial charge is 0.261 e. The van der Waals surface area contributed by atoms with Crippen molar-refractivity contribution in [2.24, 2.45) is 23.2 Å². The molecule has 2 aromatic heterocycles. The second-order valence-corrected chi connectivity index (χ2v) is 15.0. The summed E-state index contributed by atoms with van der Waals surface area (Å²) < 4.78 is 1.05. The van der Waals surface area contributed by atoms with Gasteiger partial charge in [0.1, 0.15) is 0 Å². The molecular weight excluding hydrogens is 540 g/mol. The molecule has 7 heteroatoms. The summed E-state index contributed by atoms with van der Waals surface area (Å²) in [6, 6.07) is 4.45. The largest absolute Gasteiger partial charge is 0.351 e. The van der Waals surface area contributed by atoms with E-state index in [4.69, 9.17) is 0 Å². The number of amides is 2. The number of nitrogens with one attached hydrogen (secondary N) is 2. The molecule has 0 bridgehead atoms. The molecule has 1 saturated carbocycles. The molecule has 2 amide bonds. The average molecular weight is 595 g/mol. The van der Waals surface area contributed by atoms with Crippen LogP contribution in [0.1, 0.15) is 120 Å². The Balaban J connectivity index is 1.04. The highest BCUT2D eigenvalue weighted by Gasteiger charge is 2.46. The summed E-state index contributed by atoms with van der Waals surface area (Å²) in [7, 11) is 0. The van der Waals surface area contributed by atoms with Crippen LogP contribution >= 0.6 is 11.3 Å². The van der Waals surface area contributed by atoms with Gasteiger partial charge in [0.25, 0.3) is 5.91 Å². The van der Waals surface area contributed by atoms with Crippen LogP contribution in [0.5, 0.6) is 0 Å². The molecule has 2 unspecified atom stereocenters. The topological polar surface area (TPSA) is 74.3 Å². The highest BCUT2D eigenvalue weighted by Crippen LogP contribution is 2.46. The molecule has 42 heavy (non-hydrogen) atoms. The Bertz CT molecular complexity index is 1110. The number of piperidine rings is 2. The molecule has 2 N–H and O–H groups in total. The number of hydrogen-bond acceptors (Lipinski definition) is 5. The highest BCUT2D eigenvalue weighted by atomic mass is 32.1. The second-order valence-electron chi connectivity index (χ2n) is 13.9. The zero-order valence-electron chi connectivity index (χ0n) is 26.2. The van der Waals surface area contributed by atoms with Crippen molar-refractivity contribution in [3.8, 4) is 0 Å². The van der Waals surface area contributed by atoms with Gasteiger partial charge in [-0.15, -0.1) is 11.3 Å². The number of pyridine rings is 1. The van der Waals surface area contributed by atoms with Crippen LogP contribution in [0, 0.1) is 23.2 Å². The summed E-state index contributed by atoms with van der Waals surface area (Å²) in [4.78, 5) is 33.5. The van der Waals surface area contributed by atoms with E-state index < -0.39 is 0 Å². The minimum Gasteiger partial charge on any atom is -0.351 e. The number of unbranched alkanes of at least 4 members (excludes halogenated alkanes) is 1. The molecule has 6 nitrogen and oxygen atoms in total. The summed E-state index contributed by atoms with van der Waals surface area (Å²) in [5.74, 6) is 1.88. The standard InChI is InChI=1S/C35H54N4O2S/c1-26(2)32-35(16-9-6-4-3-5-7-10-17-35)23-29(24-38-32)34(41)39-20-14-27(15-21-39)12-8-11-18-37-33(40)30-22-28-13-19-36-25-31(28)42-30/h13,19,22,25-27,29,32,38H,3-12,14-18,20-21,23-24H2,1-2H3,(H,37,40). The minimum absolute atomic E-state index is 0.0205. The van der Waals surface area contributed by atoms with Crippen molar-refractivity contribution in [1.29, 1.82) is 0 Å². The molecule has 2 saturated heterocycles. The molecule has 1 aliphatic carbocycles. The summed E-state index contributed by atoms with van der Waals surface area (Å²) in [5.41, 5.74) is 0.284. The Labute approximate surface area is 257 Å². The van der Waals surface area contributed by atoms with Gasteiger partial charge >= 0.3 is 0 Å². The van der Waals surface area contributed by atoms with Crippen LogP contribution in [0.4, 0.5) is 0 Å². The van der Waals surface area contributed by atoms with Crippen LogP contribution in [0.25, 0.3) is 10.1 Å². The highest BCUT2D eigenvalue weighted by molar-refractivity contribution is 7.20. The summed E-state index contributed by atoms with van der Waals surface area (Å²) in [6.45, 7) is 8.16. The maximum absolute atomic E-state index is 13.8. The van der Waals surface area contributed by atoms with Crippen LogP contribution in [0.2, 0.25) is 0 Å². The molecule has 3 fully saturated rings. The van der Waals surface area contributed by atoms with Gasteiger partial charge in [0.2, 0.25) is 5.91 Å². The number of nitrogens with zero attached hydrogens (tertiary/aromatic N) is 2. The fourth-order valence-electron chi connectivity index (χ4n) is 8.31. The monoisotopic (exact) mass is 594 g/mol. The van der Waals surface area contributed by atoms with E-state index in [0.29, 0.717) is 23.8 Å². The molecule has 3 aliphatic rings. The first kappa shape index (κ1) is 31.4. The van der Waals surface area contributed by atoms with Gasteiger partial charge in [0.05, 0.1) is 15.5 Å². The molecule has 1 spiro atoms. The molecule has 5 rings (SSSR count). The van der Waals surface area contributed by atoms with E-state index in [1.54, 1.807) is 6.20 Å². The van der Waals surface area contributed by atoms with E-state index in [2.05, 4.69) is 34.4 Å². The molecule has 232 valence electrons. The van der Waals surface area contributed by atoms with Gasteiger partial charge < -0.3 is 15.5 Å². The molecule has 2 aliphatic heterocycles. The molecular formula is C35H54N4O2S. The second kappa shape index (κ2) is 15.1. The van der Waals surface area contributed by atoms with E-state index in [9.17, 15) is 9.59 Å². The van der Waals surface area contributed by atoms with Crippen molar-refractivity contribution in [2.45, 2.75) is 116 Å². The van der Waals surface area contributed by atoms with Crippen molar-refractivity contribution in [2.75, 3.05) is 26.2 Å². The molecule has 0 aromatic carbocycles. The lowest BCUT2D eigenvalue weighted by atomic mass is 9.62. The van der Waals surface area contributed by atoms with E-state index in [-0.39, 0.29) is 17.2 Å². The summed E-state index contributed by atoms with van der Waals surface area (Å²) >= 11 is 1.50. The number of fused-ring (bicyclic) bond motifs is 1. The lowest BCUT2D eigenvalue weighted by Gasteiger charge is -2.51. The Morgan fingerprint density at radius 3 is 2.48 bits per heavy atom. The number of hydrogen-bond donors (Lipinski definition) is 2. The zero-order chi connectivity index (χ0) is 29.4. The van der Waals surface area contributed by atoms with Crippen LogP contribution in [0.15, 0.2) is 24.5 Å². The maximum Gasteiger partial charge on any atom is 0.261 e. The van der Waals surface area contributed by atoms with Gasteiger partial charge in [-0.3, -0.25) is 14.6 Å². The van der Waals surface area contributed by atoms with E-state index in [0.717, 1.165) is 73.2 Å². The van der Waals surface area contributed by atoms with Gasteiger partial charge in [0, 0.05) is 44.6 Å². The predicted molar refractivity (Wildman–Crippen MR) is 174 cm³/mol. The van der Waals surface area contributed by atoms with E-state index in [1.165, 1.54) is 75.5 Å². The Hall–Kier alpha value is -1.99. The third-order valence-corrected chi connectivity index (χ3v) is 11.6. The van der Waals surface area contributed by atoms with Crippen molar-refractivity contribution in [1.82, 2.24) is 20.5 Å². The SMILES string of the molecule is CC(C)C1NCC(C(=O)N2CCC(CCCCNC(=O)c3cc4ccncc4s3)CC2)CC12CCCCCCCCC2. The minimum atomic E-state index is 0.0205. The van der Waals surface area contributed by atoms with Gasteiger partial charge in [0.15, 0.2) is 0 Å². The van der Waals surface area contributed by atoms with Gasteiger partial charge in [-0.05, 0) is 73.3 Å². The quantitative estimate of drug-likeness (QED) is 0.309. The Kier molecular flexibility index (Phi) is 11.3. The normalized spacial score (nSPS) is 24.2. The lowest BCUT2D eigenvalue weighted by Crippen LogP contribution is -2.58. The van der Waals surface area contributed by atoms with Crippen molar-refractivity contribution in [3.63, 3.8) is 0 Å². The number of carbonyl (C=O) groups excluding carboxylic acids is 2. The van der Waals surface area contributed by atoms with Crippen LogP contribution in [-0.2, 0) is 4.79 Å². The molecule has 2 aromatic rings. The first-order valence-corrected chi connectivity index (χ1v) is 17.9. The number of rotatable bonds is 8. The van der Waals surface area contributed by atoms with Crippen LogP contribution in [0.3, 0.4) is 0 Å². The fraction of sp³-hybridized carbons (Fsp3) is 0.743. The summed E-state index contributed by atoms with van der Waals surface area (Å²) in [6.07, 6.45) is 22.3. The van der Waals surface area contributed by atoms with Crippen molar-refractivity contribution < 1.29 is 9.59 Å². The number of aromatic nitrogens is 1. The predicted octanol–water partition coefficient (Wildman–Crippen LogP) is 7.58. The van der Waals surface area contributed by atoms with E-state index >= 15 is 0 Å². The molecule has 0 radical (unpaired) electrons. The van der Waals surface area contributed by atoms with Gasteiger partial charge in [-0.2, -0.15) is 0 Å². The van der Waals surface area contributed by atoms with E-state index in [1.807, 2.05) is 18.3 Å². The van der Waals surface area contributed by atoms with Crippen molar-refractivity contribution >= 4 is 33.2 Å². The zero-order valence-corrected chi connectivity index (χ0v) is 27.0. The lowest BCUT2D eigenvalue weighted by molar-refractivity contribution is -0.140. The Morgan fingerprint density at radius 2 is 1.79 bits per heavy atom. The van der Waals surface area contributed by atoms with Crippen LogP contribution in [-0.4, -0.2) is 53.9 Å². The number of carbonyl (C=O) groups is 2.